The van der Waals surface area contributed by atoms with E-state index in [1.165, 1.54) is 12.1 Å². The summed E-state index contributed by atoms with van der Waals surface area (Å²) in [7, 11) is 0. The van der Waals surface area contributed by atoms with Gasteiger partial charge in [-0.25, -0.2) is 4.39 Å². The first-order valence-corrected chi connectivity index (χ1v) is 12.4. The standard InChI is InChI=1S/C26H25BrClFO6/c1-26(2,3)35-25(31)14-9-16(10-14)32-7-8-33-21-12-15(27)11-19(29)23(21)22-13-20(30)17-5-4-6-18(28)24(17)34-22/h4-6,11-14,16H,7-10H2,1-3H3. The van der Waals surface area contributed by atoms with Crippen molar-refractivity contribution in [3.05, 3.63) is 61.9 Å². The molecule has 9 heteroatoms. The fourth-order valence-electron chi connectivity index (χ4n) is 3.81. The number of benzene rings is 2. The molecule has 6 nitrogen and oxygen atoms in total. The second-order valence-corrected chi connectivity index (χ2v) is 10.7. The number of esters is 1. The van der Waals surface area contributed by atoms with Crippen molar-refractivity contribution >= 4 is 44.5 Å². The first-order valence-electron chi connectivity index (χ1n) is 11.2. The van der Waals surface area contributed by atoms with Crippen LogP contribution in [0, 0.1) is 11.7 Å². The molecule has 1 aliphatic carbocycles. The molecule has 0 saturated heterocycles. The van der Waals surface area contributed by atoms with E-state index >= 15 is 0 Å². The largest absolute Gasteiger partial charge is 0.490 e. The van der Waals surface area contributed by atoms with Crippen molar-refractivity contribution in [3.63, 3.8) is 0 Å². The summed E-state index contributed by atoms with van der Waals surface area (Å²) < 4.78 is 38.3. The molecule has 3 aromatic rings. The zero-order valence-corrected chi connectivity index (χ0v) is 21.9. The lowest BCUT2D eigenvalue weighted by Crippen LogP contribution is -2.40. The number of hydrogen-bond donors (Lipinski definition) is 0. The smallest absolute Gasteiger partial charge is 0.309 e. The highest BCUT2D eigenvalue weighted by Gasteiger charge is 2.37. The van der Waals surface area contributed by atoms with Crippen LogP contribution in [-0.4, -0.2) is 30.9 Å². The van der Waals surface area contributed by atoms with Gasteiger partial charge < -0.3 is 18.6 Å². The van der Waals surface area contributed by atoms with E-state index in [2.05, 4.69) is 15.9 Å². The molecule has 0 atom stereocenters. The van der Waals surface area contributed by atoms with Gasteiger partial charge in [0.1, 0.15) is 29.5 Å². The van der Waals surface area contributed by atoms with E-state index in [0.29, 0.717) is 22.7 Å². The Morgan fingerprint density at radius 2 is 1.94 bits per heavy atom. The fraction of sp³-hybridized carbons (Fsp3) is 0.385. The van der Waals surface area contributed by atoms with Crippen molar-refractivity contribution in [1.29, 1.82) is 0 Å². The van der Waals surface area contributed by atoms with Crippen LogP contribution in [0.2, 0.25) is 5.02 Å². The van der Waals surface area contributed by atoms with Crippen LogP contribution in [-0.2, 0) is 14.3 Å². The van der Waals surface area contributed by atoms with Crippen LogP contribution in [0.4, 0.5) is 4.39 Å². The monoisotopic (exact) mass is 566 g/mol. The van der Waals surface area contributed by atoms with Crippen molar-refractivity contribution in [2.75, 3.05) is 13.2 Å². The number of fused-ring (bicyclic) bond motifs is 1. The molecular formula is C26H25BrClFO6. The normalized spacial score (nSPS) is 17.8. The van der Waals surface area contributed by atoms with Crippen LogP contribution in [0.25, 0.3) is 22.3 Å². The van der Waals surface area contributed by atoms with E-state index in [1.54, 1.807) is 24.3 Å². The van der Waals surface area contributed by atoms with Crippen molar-refractivity contribution in [3.8, 4) is 17.1 Å². The van der Waals surface area contributed by atoms with Crippen molar-refractivity contribution in [1.82, 2.24) is 0 Å². The first kappa shape index (κ1) is 25.7. The molecule has 0 aliphatic heterocycles. The Balaban J connectivity index is 1.42. The number of hydrogen-bond acceptors (Lipinski definition) is 6. The van der Waals surface area contributed by atoms with E-state index in [4.69, 9.17) is 30.2 Å². The minimum Gasteiger partial charge on any atom is -0.490 e. The molecular weight excluding hydrogens is 543 g/mol. The molecule has 4 rings (SSSR count). The Bertz CT molecular complexity index is 1310. The lowest BCUT2D eigenvalue weighted by molar-refractivity contribution is -0.169. The third kappa shape index (κ3) is 6.05. The van der Waals surface area contributed by atoms with Gasteiger partial charge >= 0.3 is 5.97 Å². The van der Waals surface area contributed by atoms with Crippen molar-refractivity contribution in [2.24, 2.45) is 5.92 Å². The maximum Gasteiger partial charge on any atom is 0.309 e. The van der Waals surface area contributed by atoms with E-state index in [9.17, 15) is 14.0 Å². The van der Waals surface area contributed by atoms with E-state index < -0.39 is 11.4 Å². The van der Waals surface area contributed by atoms with E-state index in [-0.39, 0.29) is 64.3 Å². The summed E-state index contributed by atoms with van der Waals surface area (Å²) in [5.74, 6) is -0.789. The third-order valence-corrected chi connectivity index (χ3v) is 6.26. The lowest BCUT2D eigenvalue weighted by Gasteiger charge is -2.35. The maximum absolute atomic E-state index is 15.0. The molecule has 2 aromatic carbocycles. The van der Waals surface area contributed by atoms with Gasteiger partial charge in [-0.3, -0.25) is 9.59 Å². The van der Waals surface area contributed by atoms with E-state index in [0.717, 1.165) is 0 Å². The molecule has 1 fully saturated rings. The number of halogens is 3. The molecule has 0 bridgehead atoms. The van der Waals surface area contributed by atoms with Gasteiger partial charge in [-0.1, -0.05) is 33.6 Å². The van der Waals surface area contributed by atoms with Crippen LogP contribution < -0.4 is 10.2 Å². The van der Waals surface area contributed by atoms with Gasteiger partial charge in [0.2, 0.25) is 0 Å². The van der Waals surface area contributed by atoms with Crippen LogP contribution in [0.1, 0.15) is 33.6 Å². The van der Waals surface area contributed by atoms with Gasteiger partial charge in [0.15, 0.2) is 11.0 Å². The quantitative estimate of drug-likeness (QED) is 0.239. The Kier molecular flexibility index (Phi) is 7.54. The average molecular weight is 568 g/mol. The molecule has 0 N–H and O–H groups in total. The molecule has 0 unspecified atom stereocenters. The van der Waals surface area contributed by atoms with Gasteiger partial charge in [0, 0.05) is 10.5 Å². The van der Waals surface area contributed by atoms with Gasteiger partial charge in [-0.05, 0) is 57.9 Å². The SMILES string of the molecule is CC(C)(C)OC(=O)C1CC(OCCOc2cc(Br)cc(F)c2-c2cc(=O)c3cccc(Cl)c3o2)C1. The predicted molar refractivity (Wildman–Crippen MR) is 134 cm³/mol. The summed E-state index contributed by atoms with van der Waals surface area (Å²) in [6, 6.07) is 8.92. The van der Waals surface area contributed by atoms with Crippen LogP contribution in [0.5, 0.6) is 5.75 Å². The number of carbonyl (C=O) groups is 1. The third-order valence-electron chi connectivity index (χ3n) is 5.50. The van der Waals surface area contributed by atoms with Crippen LogP contribution >= 0.6 is 27.5 Å². The molecule has 35 heavy (non-hydrogen) atoms. The Morgan fingerprint density at radius 3 is 2.66 bits per heavy atom. The summed E-state index contributed by atoms with van der Waals surface area (Å²) in [5, 5.41) is 0.555. The predicted octanol–water partition coefficient (Wildman–Crippen LogP) is 6.53. The molecule has 1 heterocycles. The summed E-state index contributed by atoms with van der Waals surface area (Å²) >= 11 is 9.47. The Morgan fingerprint density at radius 1 is 1.20 bits per heavy atom. The van der Waals surface area contributed by atoms with Crippen molar-refractivity contribution in [2.45, 2.75) is 45.3 Å². The van der Waals surface area contributed by atoms with Crippen LogP contribution in [0.3, 0.4) is 0 Å². The van der Waals surface area contributed by atoms with Gasteiger partial charge in [-0.15, -0.1) is 0 Å². The second-order valence-electron chi connectivity index (χ2n) is 9.40. The summed E-state index contributed by atoms with van der Waals surface area (Å²) in [6.07, 6.45) is 1.12. The maximum atomic E-state index is 15.0. The second kappa shape index (κ2) is 10.3. The van der Waals surface area contributed by atoms with Gasteiger partial charge in [0.05, 0.1) is 34.6 Å². The zero-order chi connectivity index (χ0) is 25.3. The van der Waals surface area contributed by atoms with Crippen LogP contribution in [0.15, 0.2) is 50.1 Å². The lowest BCUT2D eigenvalue weighted by atomic mass is 9.82. The Hall–Kier alpha value is -2.42. The van der Waals surface area contributed by atoms with Gasteiger partial charge in [0.25, 0.3) is 0 Å². The topological polar surface area (TPSA) is 75.0 Å². The van der Waals surface area contributed by atoms with Gasteiger partial charge in [-0.2, -0.15) is 0 Å². The summed E-state index contributed by atoms with van der Waals surface area (Å²) in [4.78, 5) is 24.7. The first-order chi connectivity index (χ1) is 16.5. The molecule has 0 radical (unpaired) electrons. The summed E-state index contributed by atoms with van der Waals surface area (Å²) in [5.41, 5.74) is -0.660. The highest BCUT2D eigenvalue weighted by Crippen LogP contribution is 2.37. The molecule has 0 spiro atoms. The molecule has 1 aliphatic rings. The molecule has 1 aromatic heterocycles. The number of ether oxygens (including phenoxy) is 3. The number of para-hydroxylation sites is 1. The minimum atomic E-state index is -0.621. The fourth-order valence-corrected chi connectivity index (χ4v) is 4.44. The molecule has 1 saturated carbocycles. The zero-order valence-electron chi connectivity index (χ0n) is 19.5. The van der Waals surface area contributed by atoms with E-state index in [1.807, 2.05) is 20.8 Å². The Labute approximate surface area is 215 Å². The minimum absolute atomic E-state index is 0.00992. The number of rotatable bonds is 7. The average Bonchev–Trinajstić information content (AvgIpc) is 2.71. The highest BCUT2D eigenvalue weighted by molar-refractivity contribution is 9.10. The number of carbonyl (C=O) groups excluding carboxylic acids is 1. The highest BCUT2D eigenvalue weighted by atomic mass is 79.9. The summed E-state index contributed by atoms with van der Waals surface area (Å²) in [6.45, 7) is 5.89. The van der Waals surface area contributed by atoms with Crippen molar-refractivity contribution < 1.29 is 27.8 Å². The molecule has 186 valence electrons. The molecule has 0 amide bonds.